The van der Waals surface area contributed by atoms with E-state index in [1.807, 2.05) is 0 Å². The average molecular weight is 830 g/mol. The molecule has 24 nitrogen and oxygen atoms in total. The Hall–Kier alpha value is -5.91. The molecule has 0 aliphatic carbocycles. The monoisotopic (exact) mass is 829 g/mol. The number of nitrogens with two attached hydrogens (primary N) is 1. The highest BCUT2D eigenvalue weighted by Crippen LogP contribution is 2.01. The van der Waals surface area contributed by atoms with Crippen molar-refractivity contribution in [1.29, 1.82) is 0 Å². The molecule has 0 saturated heterocycles. The number of carboxylic acids is 1. The van der Waals surface area contributed by atoms with Crippen LogP contribution >= 0.6 is 0 Å². The van der Waals surface area contributed by atoms with Crippen LogP contribution in [-0.4, -0.2) is 262 Å². The smallest absolute Gasteiger partial charge is 0.323 e. The van der Waals surface area contributed by atoms with Crippen molar-refractivity contribution in [1.82, 2.24) is 49.0 Å². The van der Waals surface area contributed by atoms with Crippen LogP contribution in [0, 0.1) is 0 Å². The van der Waals surface area contributed by atoms with Gasteiger partial charge < -0.3 is 58.9 Å². The summed E-state index contributed by atoms with van der Waals surface area (Å²) in [5.74, 6) is -2.02. The number of hydrogen-bond donors (Lipinski definition) is 2. The summed E-state index contributed by atoms with van der Waals surface area (Å²) < 4.78 is 0. The van der Waals surface area contributed by atoms with Gasteiger partial charge in [-0.2, -0.15) is 0 Å². The van der Waals surface area contributed by atoms with Crippen LogP contribution in [0.15, 0.2) is 0 Å². The Bertz CT molecular complexity index is 1530. The molecule has 0 aromatic carbocycles. The molecule has 58 heavy (non-hydrogen) atoms. The molecule has 0 bridgehead atoms. The van der Waals surface area contributed by atoms with E-state index in [1.54, 1.807) is 0 Å². The largest absolute Gasteiger partial charge is 0.480 e. The number of carboxylic acid groups (broad SMARTS) is 1. The molecule has 0 aliphatic rings. The lowest BCUT2D eigenvalue weighted by Gasteiger charge is -2.27. The molecular formula is C34H59N11O13. The van der Waals surface area contributed by atoms with E-state index in [0.717, 1.165) is 44.1 Å². The van der Waals surface area contributed by atoms with Gasteiger partial charge in [-0.3, -0.25) is 52.7 Å². The lowest BCUT2D eigenvalue weighted by molar-refractivity contribution is -0.147. The van der Waals surface area contributed by atoms with Gasteiger partial charge >= 0.3 is 5.97 Å². The van der Waals surface area contributed by atoms with Crippen LogP contribution in [0.1, 0.15) is 12.8 Å². The molecule has 0 aromatic heterocycles. The minimum Gasteiger partial charge on any atom is -0.480 e. The lowest BCUT2D eigenvalue weighted by atomic mass is 10.3. The summed E-state index contributed by atoms with van der Waals surface area (Å²) >= 11 is 0. The maximum absolute atomic E-state index is 12.8. The van der Waals surface area contributed by atoms with Gasteiger partial charge in [0.1, 0.15) is 6.54 Å². The maximum Gasteiger partial charge on any atom is 0.323 e. The van der Waals surface area contributed by atoms with Gasteiger partial charge in [0.25, 0.3) is 0 Å². The maximum atomic E-state index is 12.8. The molecule has 0 aromatic rings. The highest BCUT2D eigenvalue weighted by molar-refractivity contribution is 5.93. The van der Waals surface area contributed by atoms with Crippen LogP contribution in [-0.2, 0) is 57.6 Å². The lowest BCUT2D eigenvalue weighted by Crippen LogP contribution is -2.49. The summed E-state index contributed by atoms with van der Waals surface area (Å²) in [5.41, 5.74) is 0. The standard InChI is InChI=1S/C34H59N11O13/c1-36(24(46)12-11-13-58-35)14-25(47)37(2)15-26(48)38(3)16-27(49)39(4)17-28(50)40(5)18-29(51)41(6)19-30(52)42(7)20-31(53)43(8)21-32(54)44(9)22-33(55)45(10)23-34(56)57/h11-23,35H2,1-10H3,(H,56,57). The summed E-state index contributed by atoms with van der Waals surface area (Å²) in [5, 5.41) is 8.82. The van der Waals surface area contributed by atoms with Crippen molar-refractivity contribution in [3.8, 4) is 0 Å². The third kappa shape index (κ3) is 19.3. The van der Waals surface area contributed by atoms with Gasteiger partial charge in [0, 0.05) is 76.9 Å². The highest BCUT2D eigenvalue weighted by Gasteiger charge is 2.26. The molecule has 0 rings (SSSR count). The van der Waals surface area contributed by atoms with Crippen LogP contribution in [0.2, 0.25) is 0 Å². The quantitative estimate of drug-likeness (QED) is 0.0678. The molecular weight excluding hydrogens is 770 g/mol. The van der Waals surface area contributed by atoms with E-state index in [4.69, 9.17) is 11.0 Å². The zero-order chi connectivity index (χ0) is 45.0. The minimum absolute atomic E-state index is 0.122. The molecule has 0 unspecified atom stereocenters. The van der Waals surface area contributed by atoms with Gasteiger partial charge in [-0.15, -0.1) is 0 Å². The summed E-state index contributed by atoms with van der Waals surface area (Å²) in [7, 11) is 13.3. The van der Waals surface area contributed by atoms with Crippen molar-refractivity contribution in [2.75, 3.05) is 143 Å². The van der Waals surface area contributed by atoms with Crippen LogP contribution in [0.25, 0.3) is 0 Å². The van der Waals surface area contributed by atoms with Crippen LogP contribution in [0.5, 0.6) is 0 Å². The van der Waals surface area contributed by atoms with Gasteiger partial charge in [-0.25, -0.2) is 5.90 Å². The number of likely N-dealkylation sites (N-methyl/N-ethyl adjacent to an activating group) is 10. The Kier molecular flexibility index (Phi) is 22.8. The molecule has 0 radical (unpaired) electrons. The second-order valence-electron chi connectivity index (χ2n) is 13.9. The van der Waals surface area contributed by atoms with E-state index >= 15 is 0 Å². The fourth-order valence-electron chi connectivity index (χ4n) is 4.49. The zero-order valence-electron chi connectivity index (χ0n) is 35.1. The molecule has 0 aliphatic heterocycles. The van der Waals surface area contributed by atoms with Gasteiger partial charge in [0.15, 0.2) is 0 Å². The van der Waals surface area contributed by atoms with Gasteiger partial charge in [0.2, 0.25) is 59.1 Å². The highest BCUT2D eigenvalue weighted by atomic mass is 16.6. The van der Waals surface area contributed by atoms with Crippen LogP contribution < -0.4 is 5.90 Å². The Balaban J connectivity index is 4.86. The summed E-state index contributed by atoms with van der Waals surface area (Å²) in [6.07, 6.45) is 0.497. The summed E-state index contributed by atoms with van der Waals surface area (Å²) in [6, 6.07) is 0. The third-order valence-corrected chi connectivity index (χ3v) is 8.63. The number of rotatable bonds is 24. The Morgan fingerprint density at radius 3 is 0.690 bits per heavy atom. The number of carbonyl (C=O) groups excluding carboxylic acids is 10. The summed E-state index contributed by atoms with van der Waals surface area (Å²) in [4.78, 5) is 152. The molecule has 0 atom stereocenters. The van der Waals surface area contributed by atoms with Crippen molar-refractivity contribution in [3.63, 3.8) is 0 Å². The van der Waals surface area contributed by atoms with Gasteiger partial charge in [-0.05, 0) is 6.42 Å². The van der Waals surface area contributed by atoms with E-state index < -0.39 is 111 Å². The van der Waals surface area contributed by atoms with Crippen LogP contribution in [0.3, 0.4) is 0 Å². The Labute approximate surface area is 337 Å². The molecule has 10 amide bonds. The minimum atomic E-state index is -1.22. The first kappa shape index (κ1) is 52.1. The molecule has 328 valence electrons. The second-order valence-corrected chi connectivity index (χ2v) is 13.9. The fourth-order valence-corrected chi connectivity index (χ4v) is 4.49. The zero-order valence-corrected chi connectivity index (χ0v) is 35.1. The first-order chi connectivity index (χ1) is 26.8. The molecule has 0 saturated carbocycles. The number of amides is 10. The topological polar surface area (TPSA) is 276 Å². The van der Waals surface area contributed by atoms with Gasteiger partial charge in [-0.1, -0.05) is 0 Å². The SMILES string of the molecule is CN(CC(=O)O)C(=O)CN(C)C(=O)CN(C)C(=O)CN(C)C(=O)CN(C)C(=O)CN(C)C(=O)CN(C)C(=O)CN(C)C(=O)CN(C)C(=O)CN(C)C(=O)CCCON. The van der Waals surface area contributed by atoms with E-state index in [1.165, 1.54) is 75.4 Å². The molecule has 0 fully saturated rings. The molecule has 0 heterocycles. The summed E-state index contributed by atoms with van der Waals surface area (Å²) in [6.45, 7) is -4.09. The molecule has 0 spiro atoms. The van der Waals surface area contributed by atoms with Crippen molar-refractivity contribution in [2.45, 2.75) is 12.8 Å². The van der Waals surface area contributed by atoms with Crippen molar-refractivity contribution in [2.24, 2.45) is 5.90 Å². The molecule has 24 heteroatoms. The predicted octanol–water partition coefficient (Wildman–Crippen LogP) is -5.67. The van der Waals surface area contributed by atoms with Gasteiger partial charge in [0.05, 0.1) is 65.5 Å². The number of carbonyl (C=O) groups is 11. The predicted molar refractivity (Wildman–Crippen MR) is 203 cm³/mol. The van der Waals surface area contributed by atoms with E-state index in [-0.39, 0.29) is 32.0 Å². The second kappa shape index (κ2) is 25.4. The first-order valence-electron chi connectivity index (χ1n) is 17.8. The van der Waals surface area contributed by atoms with Crippen molar-refractivity contribution < 1.29 is 62.7 Å². The Morgan fingerprint density at radius 1 is 0.345 bits per heavy atom. The third-order valence-electron chi connectivity index (χ3n) is 8.63. The Morgan fingerprint density at radius 2 is 0.517 bits per heavy atom. The van der Waals surface area contributed by atoms with E-state index in [2.05, 4.69) is 4.84 Å². The van der Waals surface area contributed by atoms with Crippen molar-refractivity contribution in [3.05, 3.63) is 0 Å². The van der Waals surface area contributed by atoms with E-state index in [0.29, 0.717) is 6.42 Å². The number of aliphatic carboxylic acids is 1. The normalized spacial score (nSPS) is 10.4. The van der Waals surface area contributed by atoms with Crippen molar-refractivity contribution >= 4 is 65.0 Å². The van der Waals surface area contributed by atoms with E-state index in [9.17, 15) is 52.7 Å². The number of nitrogens with zero attached hydrogens (tertiary/aromatic N) is 10. The number of hydrogen-bond acceptors (Lipinski definition) is 13. The average Bonchev–Trinajstić information content (AvgIpc) is 3.13. The fraction of sp³-hybridized carbons (Fsp3) is 0.676. The molecule has 3 N–H and O–H groups in total. The first-order valence-corrected chi connectivity index (χ1v) is 17.8. The van der Waals surface area contributed by atoms with Crippen LogP contribution in [0.4, 0.5) is 0 Å².